The maximum Gasteiger partial charge on any atom is 0.139 e. The number of aryl methyl sites for hydroxylation is 1. The minimum Gasteiger partial charge on any atom is -0.496 e. The highest BCUT2D eigenvalue weighted by molar-refractivity contribution is 6.03. The first kappa shape index (κ1) is 25.1. The van der Waals surface area contributed by atoms with Crippen molar-refractivity contribution in [3.63, 3.8) is 0 Å². The third kappa shape index (κ3) is 4.52. The van der Waals surface area contributed by atoms with Crippen molar-refractivity contribution in [3.05, 3.63) is 88.0 Å². The van der Waals surface area contributed by atoms with Crippen molar-refractivity contribution in [1.82, 2.24) is 9.97 Å². The smallest absolute Gasteiger partial charge is 0.139 e. The summed E-state index contributed by atoms with van der Waals surface area (Å²) in [5, 5.41) is 9.13. The fraction of sp³-hybridized carbons (Fsp3) is 0.333. The zero-order valence-corrected chi connectivity index (χ0v) is 23.1. The monoisotopic (exact) mass is 515 g/mol. The van der Waals surface area contributed by atoms with Crippen LogP contribution in [-0.4, -0.2) is 35.9 Å². The number of nitriles is 1. The number of methoxy groups -OCH3 is 1. The number of hydrogen-bond donors (Lipinski definition) is 0. The van der Waals surface area contributed by atoms with Crippen LogP contribution in [0.25, 0.3) is 17.2 Å². The number of benzene rings is 2. The van der Waals surface area contributed by atoms with Gasteiger partial charge in [0.15, 0.2) is 0 Å². The zero-order chi connectivity index (χ0) is 27.1. The van der Waals surface area contributed by atoms with Gasteiger partial charge < -0.3 is 9.64 Å². The summed E-state index contributed by atoms with van der Waals surface area (Å²) >= 11 is 0. The van der Waals surface area contributed by atoms with Gasteiger partial charge in [0, 0.05) is 48.3 Å². The number of allylic oxidation sites excluding steroid dienone is 3. The van der Waals surface area contributed by atoms with Crippen LogP contribution in [0.5, 0.6) is 5.75 Å². The van der Waals surface area contributed by atoms with E-state index in [1.54, 1.807) is 13.4 Å². The van der Waals surface area contributed by atoms with E-state index in [4.69, 9.17) is 20.0 Å². The number of rotatable bonds is 5. The van der Waals surface area contributed by atoms with Gasteiger partial charge in [-0.25, -0.2) is 9.97 Å². The Morgan fingerprint density at radius 2 is 1.72 bits per heavy atom. The quantitative estimate of drug-likeness (QED) is 0.381. The molecule has 3 aliphatic rings. The third-order valence-corrected chi connectivity index (χ3v) is 8.70. The van der Waals surface area contributed by atoms with Crippen LogP contribution in [0.4, 0.5) is 5.82 Å². The summed E-state index contributed by atoms with van der Waals surface area (Å²) < 4.78 is 5.46. The molecule has 0 amide bonds. The van der Waals surface area contributed by atoms with E-state index in [2.05, 4.69) is 61.0 Å². The van der Waals surface area contributed by atoms with Crippen molar-refractivity contribution >= 4 is 28.8 Å². The highest BCUT2D eigenvalue weighted by atomic mass is 16.5. The molecule has 196 valence electrons. The molecule has 1 fully saturated rings. The molecule has 2 aliphatic heterocycles. The summed E-state index contributed by atoms with van der Waals surface area (Å²) in [4.78, 5) is 16.9. The highest BCUT2D eigenvalue weighted by Crippen LogP contribution is 2.43. The lowest BCUT2D eigenvalue weighted by Crippen LogP contribution is -2.43. The van der Waals surface area contributed by atoms with Crippen molar-refractivity contribution in [2.75, 3.05) is 25.1 Å². The average Bonchev–Trinajstić information content (AvgIpc) is 3.58. The van der Waals surface area contributed by atoms with Gasteiger partial charge >= 0.3 is 0 Å². The Balaban J connectivity index is 1.17. The number of hydrogen-bond acceptors (Lipinski definition) is 6. The molecule has 1 saturated heterocycles. The lowest BCUT2D eigenvalue weighted by molar-refractivity contribution is 0.351. The predicted octanol–water partition coefficient (Wildman–Crippen LogP) is 6.64. The van der Waals surface area contributed by atoms with Crippen LogP contribution in [0.15, 0.2) is 59.5 Å². The fourth-order valence-corrected chi connectivity index (χ4v) is 6.14. The Morgan fingerprint density at radius 1 is 0.974 bits per heavy atom. The molecule has 1 aliphatic carbocycles. The van der Waals surface area contributed by atoms with Crippen molar-refractivity contribution in [1.29, 1.82) is 5.26 Å². The molecular formula is C33H33N5O. The first-order valence-electron chi connectivity index (χ1n) is 13.6. The van der Waals surface area contributed by atoms with Gasteiger partial charge in [-0.15, -0.1) is 0 Å². The SMILES string of the molecule is COc1ccc(C2=C(C)N=C(C3(C)CCN(c4ncnc5c4C=C(c4ccc(C#N)cc4)C5)CC3)C2)cc1C. The first-order valence-corrected chi connectivity index (χ1v) is 13.6. The highest BCUT2D eigenvalue weighted by Gasteiger charge is 2.38. The number of ether oxygens (including phenoxy) is 1. The van der Waals surface area contributed by atoms with Crippen LogP contribution in [0.3, 0.4) is 0 Å². The lowest BCUT2D eigenvalue weighted by atomic mass is 9.74. The molecule has 6 heteroatoms. The van der Waals surface area contributed by atoms with Gasteiger partial charge in [-0.3, -0.25) is 4.99 Å². The average molecular weight is 516 g/mol. The minimum atomic E-state index is 0.0702. The maximum atomic E-state index is 9.13. The largest absolute Gasteiger partial charge is 0.496 e. The van der Waals surface area contributed by atoms with Gasteiger partial charge in [-0.1, -0.05) is 25.1 Å². The molecule has 0 spiro atoms. The second-order valence-corrected chi connectivity index (χ2v) is 11.1. The number of aromatic nitrogens is 2. The Morgan fingerprint density at radius 3 is 2.41 bits per heavy atom. The van der Waals surface area contributed by atoms with Gasteiger partial charge in [0.2, 0.25) is 0 Å². The summed E-state index contributed by atoms with van der Waals surface area (Å²) in [6, 6.07) is 16.4. The normalized spacial score (nSPS) is 18.0. The molecular weight excluding hydrogens is 482 g/mol. The molecule has 1 aromatic heterocycles. The molecule has 0 radical (unpaired) electrons. The molecule has 6 rings (SSSR count). The fourth-order valence-electron chi connectivity index (χ4n) is 6.14. The molecule has 6 nitrogen and oxygen atoms in total. The van der Waals surface area contributed by atoms with Crippen molar-refractivity contribution in [2.24, 2.45) is 10.4 Å². The third-order valence-electron chi connectivity index (χ3n) is 8.70. The first-order chi connectivity index (χ1) is 18.9. The Kier molecular flexibility index (Phi) is 6.31. The van der Waals surface area contributed by atoms with E-state index in [0.29, 0.717) is 5.56 Å². The summed E-state index contributed by atoms with van der Waals surface area (Å²) in [5.74, 6) is 1.95. The van der Waals surface area contributed by atoms with Crippen molar-refractivity contribution in [3.8, 4) is 11.8 Å². The Hall–Kier alpha value is -4.24. The van der Waals surface area contributed by atoms with E-state index in [9.17, 15) is 0 Å². The summed E-state index contributed by atoms with van der Waals surface area (Å²) in [7, 11) is 1.72. The van der Waals surface area contributed by atoms with E-state index < -0.39 is 0 Å². The number of piperidine rings is 1. The van der Waals surface area contributed by atoms with Crippen LogP contribution in [0.2, 0.25) is 0 Å². The van der Waals surface area contributed by atoms with E-state index in [1.807, 2.05) is 24.3 Å². The number of anilines is 1. The van der Waals surface area contributed by atoms with E-state index in [0.717, 1.165) is 78.4 Å². The van der Waals surface area contributed by atoms with Crippen molar-refractivity contribution in [2.45, 2.75) is 46.5 Å². The molecule has 0 bridgehead atoms. The molecule has 3 heterocycles. The van der Waals surface area contributed by atoms with Crippen molar-refractivity contribution < 1.29 is 4.74 Å². The van der Waals surface area contributed by atoms with Crippen LogP contribution < -0.4 is 9.64 Å². The van der Waals surface area contributed by atoms with E-state index >= 15 is 0 Å². The second kappa shape index (κ2) is 9.81. The minimum absolute atomic E-state index is 0.0702. The number of fused-ring (bicyclic) bond motifs is 1. The molecule has 0 N–H and O–H groups in total. The van der Waals surface area contributed by atoms with Crippen LogP contribution in [-0.2, 0) is 6.42 Å². The van der Waals surface area contributed by atoms with Gasteiger partial charge in [0.25, 0.3) is 0 Å². The van der Waals surface area contributed by atoms with Gasteiger partial charge in [0.1, 0.15) is 17.9 Å². The van der Waals surface area contributed by atoms with Crippen LogP contribution >= 0.6 is 0 Å². The molecule has 3 aromatic rings. The number of aliphatic imine (C=N–C) groups is 1. The Bertz CT molecular complexity index is 1580. The van der Waals surface area contributed by atoms with E-state index in [1.165, 1.54) is 22.4 Å². The lowest BCUT2D eigenvalue weighted by Gasteiger charge is -2.40. The Labute approximate surface area is 230 Å². The zero-order valence-electron chi connectivity index (χ0n) is 23.1. The van der Waals surface area contributed by atoms with Crippen LogP contribution in [0.1, 0.15) is 66.6 Å². The van der Waals surface area contributed by atoms with Crippen LogP contribution in [0, 0.1) is 23.7 Å². The van der Waals surface area contributed by atoms with E-state index in [-0.39, 0.29) is 5.41 Å². The summed E-state index contributed by atoms with van der Waals surface area (Å²) in [6.45, 7) is 8.50. The standard InChI is InChI=1S/C33H33N5O/c1-21-15-25(9-10-30(21)39-4)27-18-31(37-22(27)2)33(3)11-13-38(14-12-33)32-28-16-26(17-29(28)35-20-36-32)24-7-5-23(19-34)6-8-24/h5-10,15-16,20H,11-14,17-18H2,1-4H3. The molecule has 2 aromatic carbocycles. The molecule has 0 saturated carbocycles. The maximum absolute atomic E-state index is 9.13. The second-order valence-electron chi connectivity index (χ2n) is 11.1. The molecule has 0 atom stereocenters. The predicted molar refractivity (Wildman–Crippen MR) is 157 cm³/mol. The molecule has 0 unspecified atom stereocenters. The topological polar surface area (TPSA) is 74.4 Å². The summed E-state index contributed by atoms with van der Waals surface area (Å²) in [5.41, 5.74) is 11.5. The molecule has 39 heavy (non-hydrogen) atoms. The summed E-state index contributed by atoms with van der Waals surface area (Å²) in [6.07, 6.45) is 7.72. The number of nitrogens with zero attached hydrogens (tertiary/aromatic N) is 5. The van der Waals surface area contributed by atoms with Gasteiger partial charge in [0.05, 0.1) is 24.4 Å². The van der Waals surface area contributed by atoms with Gasteiger partial charge in [-0.2, -0.15) is 5.26 Å². The van der Waals surface area contributed by atoms with Gasteiger partial charge in [-0.05, 0) is 84.9 Å².